The first-order chi connectivity index (χ1) is 7.70. The summed E-state index contributed by atoms with van der Waals surface area (Å²) in [5.41, 5.74) is 20.5. The summed E-state index contributed by atoms with van der Waals surface area (Å²) in [6.07, 6.45) is -1.27. The van der Waals surface area contributed by atoms with Crippen molar-refractivity contribution >= 4 is 34.7 Å². The van der Waals surface area contributed by atoms with E-state index in [0.29, 0.717) is 0 Å². The van der Waals surface area contributed by atoms with Gasteiger partial charge in [-0.3, -0.25) is 4.18 Å². The van der Waals surface area contributed by atoms with Crippen molar-refractivity contribution < 1.29 is 25.0 Å². The number of rotatable bonds is 6. The highest BCUT2D eigenvalue weighted by Crippen LogP contribution is 2.17. The molecule has 0 aromatic carbocycles. The van der Waals surface area contributed by atoms with Crippen LogP contribution in [0.3, 0.4) is 0 Å². The summed E-state index contributed by atoms with van der Waals surface area (Å²) in [5.74, 6) is -0.739. The van der Waals surface area contributed by atoms with Gasteiger partial charge in [-0.05, 0) is 6.92 Å². The number of nitrogens with two attached hydrogens (primary N) is 4. The van der Waals surface area contributed by atoms with Gasteiger partial charge in [0.1, 0.15) is 0 Å². The Kier molecular flexibility index (Phi) is 8.89. The Morgan fingerprint density at radius 1 is 1.22 bits per heavy atom. The molecule has 0 spiro atoms. The monoisotopic (exact) mass is 319 g/mol. The van der Waals surface area contributed by atoms with E-state index in [1.165, 1.54) is 6.92 Å². The van der Waals surface area contributed by atoms with Crippen LogP contribution in [0, 0.1) is 0 Å². The first kappa shape index (κ1) is 19.4. The molecule has 0 bridgehead atoms. The van der Waals surface area contributed by atoms with Crippen molar-refractivity contribution in [1.82, 2.24) is 0 Å². The quantitative estimate of drug-likeness (QED) is 0.140. The lowest BCUT2D eigenvalue weighted by Crippen LogP contribution is -3.00. The lowest BCUT2D eigenvalue weighted by molar-refractivity contribution is -0.00000828. The average molecular weight is 320 g/mol. The first-order valence-electron chi connectivity index (χ1n) is 4.44. The van der Waals surface area contributed by atoms with E-state index in [1.54, 1.807) is 0 Å². The normalized spacial score (nSPS) is 12.4. The number of aliphatic imine (C=N–C) groups is 2. The average Bonchev–Trinajstić information content (AvgIpc) is 2.13. The number of nitrogens with zero attached hydrogens (tertiary/aromatic N) is 2. The molecular formula is C6H16ClN6O3S2-. The lowest BCUT2D eigenvalue weighted by atomic mass is 10.6. The molecule has 1 atom stereocenters. The van der Waals surface area contributed by atoms with Crippen molar-refractivity contribution in [1.29, 1.82) is 0 Å². The maximum absolute atomic E-state index is 11.5. The maximum Gasteiger partial charge on any atom is 0.283 e. The van der Waals surface area contributed by atoms with Crippen LogP contribution in [0.2, 0.25) is 0 Å². The highest BCUT2D eigenvalue weighted by atomic mass is 35.5. The molecule has 0 rings (SSSR count). The van der Waals surface area contributed by atoms with Gasteiger partial charge in [0.05, 0.1) is 6.61 Å². The van der Waals surface area contributed by atoms with E-state index in [-0.39, 0.29) is 30.9 Å². The molecule has 1 unspecified atom stereocenters. The third kappa shape index (κ3) is 6.74. The molecule has 12 heteroatoms. The van der Waals surface area contributed by atoms with E-state index >= 15 is 0 Å². The van der Waals surface area contributed by atoms with Crippen molar-refractivity contribution in [2.45, 2.75) is 17.7 Å². The molecule has 0 heterocycles. The Bertz CT molecular complexity index is 386. The third-order valence-electron chi connectivity index (χ3n) is 1.40. The Morgan fingerprint density at radius 2 is 1.61 bits per heavy atom. The van der Waals surface area contributed by atoms with E-state index in [9.17, 15) is 8.42 Å². The van der Waals surface area contributed by atoms with Gasteiger partial charge in [0.25, 0.3) is 10.1 Å². The second-order valence-corrected chi connectivity index (χ2v) is 5.45. The predicted molar refractivity (Wildman–Crippen MR) is 68.7 cm³/mol. The van der Waals surface area contributed by atoms with Gasteiger partial charge in [-0.15, -0.1) is 0 Å². The standard InChI is InChI=1S/C6H16N6O3S2.ClH/c1-2-15-17(13,14)4(16)3(11-5(7)8)12-6(9)10;/h3-4,16H,2H2,1H3,(H4,7,8,11)(H4,9,10,12);1H/p-1. The number of halogens is 1. The van der Waals surface area contributed by atoms with Crippen LogP contribution in [0.4, 0.5) is 0 Å². The minimum Gasteiger partial charge on any atom is -1.00 e. The van der Waals surface area contributed by atoms with Gasteiger partial charge < -0.3 is 35.3 Å². The molecule has 0 amide bonds. The fraction of sp³-hybridized carbons (Fsp3) is 0.667. The minimum atomic E-state index is -3.97. The minimum absolute atomic E-state index is 0. The van der Waals surface area contributed by atoms with Gasteiger partial charge >= 0.3 is 0 Å². The van der Waals surface area contributed by atoms with Crippen LogP contribution in [0.25, 0.3) is 0 Å². The number of hydrogen-bond donors (Lipinski definition) is 5. The van der Waals surface area contributed by atoms with Crippen molar-refractivity contribution in [2.75, 3.05) is 6.61 Å². The topological polar surface area (TPSA) is 172 Å². The Hall–Kier alpha value is -0.910. The first-order valence-corrected chi connectivity index (χ1v) is 6.43. The molecule has 0 fully saturated rings. The summed E-state index contributed by atoms with van der Waals surface area (Å²) in [5, 5.41) is 0. The van der Waals surface area contributed by atoms with Crippen LogP contribution >= 0.6 is 12.6 Å². The summed E-state index contributed by atoms with van der Waals surface area (Å²) in [4.78, 5) is 7.11. The molecule has 0 aliphatic rings. The fourth-order valence-corrected chi connectivity index (χ4v) is 2.05. The van der Waals surface area contributed by atoms with Crippen LogP contribution in [0.1, 0.15) is 6.92 Å². The molecular weight excluding hydrogens is 304 g/mol. The van der Waals surface area contributed by atoms with E-state index in [4.69, 9.17) is 22.9 Å². The van der Waals surface area contributed by atoms with Gasteiger partial charge in [-0.2, -0.15) is 21.0 Å². The van der Waals surface area contributed by atoms with E-state index in [1.807, 2.05) is 0 Å². The lowest BCUT2D eigenvalue weighted by Gasteiger charge is -2.16. The summed E-state index contributed by atoms with van der Waals surface area (Å²) in [6, 6.07) is 0. The smallest absolute Gasteiger partial charge is 0.283 e. The fourth-order valence-electron chi connectivity index (χ4n) is 0.845. The van der Waals surface area contributed by atoms with Crippen LogP contribution in [-0.4, -0.2) is 37.7 Å². The second-order valence-electron chi connectivity index (χ2n) is 2.81. The van der Waals surface area contributed by atoms with Gasteiger partial charge in [0.2, 0.25) is 0 Å². The van der Waals surface area contributed by atoms with Crippen molar-refractivity contribution in [2.24, 2.45) is 32.9 Å². The maximum atomic E-state index is 11.5. The van der Waals surface area contributed by atoms with Crippen LogP contribution < -0.4 is 35.3 Å². The summed E-state index contributed by atoms with van der Waals surface area (Å²) in [7, 11) is -3.97. The van der Waals surface area contributed by atoms with E-state index in [0.717, 1.165) is 0 Å². The van der Waals surface area contributed by atoms with Gasteiger partial charge in [0, 0.05) is 0 Å². The largest absolute Gasteiger partial charge is 1.00 e. The van der Waals surface area contributed by atoms with Crippen molar-refractivity contribution in [3.63, 3.8) is 0 Å². The number of thiol groups is 1. The van der Waals surface area contributed by atoms with Gasteiger partial charge in [-0.25, -0.2) is 9.98 Å². The van der Waals surface area contributed by atoms with Crippen LogP contribution in [0.15, 0.2) is 9.98 Å². The second kappa shape index (κ2) is 8.24. The molecule has 0 aliphatic carbocycles. The zero-order chi connectivity index (χ0) is 13.6. The summed E-state index contributed by atoms with van der Waals surface area (Å²) < 4.78 is 26.2. The molecule has 0 radical (unpaired) electrons. The highest BCUT2D eigenvalue weighted by molar-refractivity contribution is 8.02. The van der Waals surface area contributed by atoms with Crippen molar-refractivity contribution in [3.8, 4) is 0 Å². The number of hydrogen-bond acceptors (Lipinski definition) is 6. The third-order valence-corrected chi connectivity index (χ3v) is 3.84. The molecule has 0 aromatic rings. The molecule has 0 aliphatic heterocycles. The highest BCUT2D eigenvalue weighted by Gasteiger charge is 2.31. The Balaban J connectivity index is 0. The van der Waals surface area contributed by atoms with Gasteiger partial charge in [0.15, 0.2) is 22.7 Å². The molecule has 18 heavy (non-hydrogen) atoms. The number of guanidine groups is 2. The van der Waals surface area contributed by atoms with E-state index < -0.39 is 20.9 Å². The predicted octanol–water partition coefficient (Wildman–Crippen LogP) is -5.51. The summed E-state index contributed by atoms with van der Waals surface area (Å²) >= 11 is 3.84. The molecule has 0 aromatic heterocycles. The van der Waals surface area contributed by atoms with Crippen LogP contribution in [-0.2, 0) is 14.3 Å². The zero-order valence-corrected chi connectivity index (χ0v) is 12.0. The Morgan fingerprint density at radius 3 is 1.89 bits per heavy atom. The molecule has 108 valence electrons. The van der Waals surface area contributed by atoms with Crippen LogP contribution in [0.5, 0.6) is 0 Å². The summed E-state index contributed by atoms with van der Waals surface area (Å²) in [6.45, 7) is 1.46. The SMILES string of the molecule is CCOS(=O)(=O)C(S)C(N=C(N)N)N=C(N)N.[Cl-]. The Labute approximate surface area is 117 Å². The molecule has 9 nitrogen and oxygen atoms in total. The van der Waals surface area contributed by atoms with Crippen molar-refractivity contribution in [3.05, 3.63) is 0 Å². The molecule has 8 N–H and O–H groups in total. The molecule has 0 saturated carbocycles. The molecule has 0 saturated heterocycles. The van der Waals surface area contributed by atoms with E-state index in [2.05, 4.69) is 26.8 Å². The van der Waals surface area contributed by atoms with Gasteiger partial charge in [-0.1, -0.05) is 0 Å². The zero-order valence-electron chi connectivity index (χ0n) is 9.52.